The summed E-state index contributed by atoms with van der Waals surface area (Å²) in [6.45, 7) is 4.99. The Labute approximate surface area is 157 Å². The quantitative estimate of drug-likeness (QED) is 0.367. The van der Waals surface area contributed by atoms with Gasteiger partial charge in [0.05, 0.1) is 19.3 Å². The minimum atomic E-state index is -1.15. The van der Waals surface area contributed by atoms with Gasteiger partial charge in [-0.3, -0.25) is 4.68 Å². The Morgan fingerprint density at radius 3 is 2.74 bits per heavy atom. The first-order chi connectivity index (χ1) is 12.8. The van der Waals surface area contributed by atoms with Crippen LogP contribution >= 0.6 is 0 Å². The Bertz CT molecular complexity index is 777. The molecule has 0 saturated heterocycles. The van der Waals surface area contributed by atoms with Gasteiger partial charge in [-0.2, -0.15) is 5.10 Å². The van der Waals surface area contributed by atoms with Crippen molar-refractivity contribution in [3.05, 3.63) is 47.8 Å². The van der Waals surface area contributed by atoms with Gasteiger partial charge in [-0.05, 0) is 26.0 Å². The van der Waals surface area contributed by atoms with Crippen molar-refractivity contribution >= 4 is 5.96 Å². The van der Waals surface area contributed by atoms with Gasteiger partial charge in [-0.15, -0.1) is 0 Å². The summed E-state index contributed by atoms with van der Waals surface area (Å²) in [5.74, 6) is -1.11. The van der Waals surface area contributed by atoms with Crippen LogP contribution in [0.15, 0.2) is 35.6 Å². The lowest BCUT2D eigenvalue weighted by molar-refractivity contribution is 0.0672. The molecule has 0 spiro atoms. The van der Waals surface area contributed by atoms with Crippen molar-refractivity contribution in [1.82, 2.24) is 20.4 Å². The minimum absolute atomic E-state index is 0.137. The Morgan fingerprint density at radius 2 is 2.11 bits per heavy atom. The highest BCUT2D eigenvalue weighted by molar-refractivity contribution is 5.79. The molecule has 148 valence electrons. The molecule has 1 unspecified atom stereocenters. The van der Waals surface area contributed by atoms with Gasteiger partial charge in [-0.1, -0.05) is 0 Å². The van der Waals surface area contributed by atoms with Crippen molar-refractivity contribution in [2.24, 2.45) is 12.0 Å². The molecule has 1 aromatic carbocycles. The van der Waals surface area contributed by atoms with Crippen molar-refractivity contribution < 1.29 is 18.6 Å². The van der Waals surface area contributed by atoms with E-state index in [0.717, 1.165) is 12.1 Å². The summed E-state index contributed by atoms with van der Waals surface area (Å²) in [5.41, 5.74) is -0.482. The summed E-state index contributed by atoms with van der Waals surface area (Å²) in [6.07, 6.45) is 3.34. The van der Waals surface area contributed by atoms with Gasteiger partial charge >= 0.3 is 0 Å². The average molecular weight is 381 g/mol. The molecule has 0 radical (unpaired) electrons. The summed E-state index contributed by atoms with van der Waals surface area (Å²) in [4.78, 5) is 4.38. The first-order valence-corrected chi connectivity index (χ1v) is 8.63. The summed E-state index contributed by atoms with van der Waals surface area (Å²) >= 11 is 0. The van der Waals surface area contributed by atoms with E-state index in [1.807, 2.05) is 6.92 Å². The number of nitrogens with one attached hydrogen (secondary N) is 2. The van der Waals surface area contributed by atoms with Crippen molar-refractivity contribution in [3.63, 3.8) is 0 Å². The van der Waals surface area contributed by atoms with Crippen molar-refractivity contribution in [2.45, 2.75) is 19.4 Å². The van der Waals surface area contributed by atoms with Crippen molar-refractivity contribution in [3.8, 4) is 5.75 Å². The second-order valence-corrected chi connectivity index (χ2v) is 6.22. The third-order valence-corrected chi connectivity index (χ3v) is 3.77. The number of aromatic nitrogens is 2. The number of halogens is 2. The van der Waals surface area contributed by atoms with Crippen LogP contribution in [0.4, 0.5) is 8.78 Å². The number of guanidine groups is 1. The largest absolute Gasteiger partial charge is 0.492 e. The molecule has 0 saturated carbocycles. The lowest BCUT2D eigenvalue weighted by Gasteiger charge is -2.20. The zero-order valence-corrected chi connectivity index (χ0v) is 15.7. The lowest BCUT2D eigenvalue weighted by atomic mass is 10.0. The van der Waals surface area contributed by atoms with Gasteiger partial charge in [0.1, 0.15) is 18.0 Å². The van der Waals surface area contributed by atoms with Crippen LogP contribution in [0.3, 0.4) is 0 Å². The number of hydrogen-bond donors (Lipinski definition) is 3. The third kappa shape index (κ3) is 6.21. The van der Waals surface area contributed by atoms with E-state index in [9.17, 15) is 13.9 Å². The molecule has 0 bridgehead atoms. The highest BCUT2D eigenvalue weighted by atomic mass is 19.2. The molecule has 7 nitrogen and oxygen atoms in total. The van der Waals surface area contributed by atoms with E-state index in [1.54, 1.807) is 31.0 Å². The van der Waals surface area contributed by atoms with E-state index >= 15 is 0 Å². The van der Waals surface area contributed by atoms with Crippen molar-refractivity contribution in [1.29, 1.82) is 0 Å². The predicted octanol–water partition coefficient (Wildman–Crippen LogP) is 1.54. The third-order valence-electron chi connectivity index (χ3n) is 3.77. The first kappa shape index (κ1) is 20.6. The van der Waals surface area contributed by atoms with Crippen LogP contribution in [-0.2, 0) is 12.6 Å². The van der Waals surface area contributed by atoms with E-state index in [0.29, 0.717) is 24.6 Å². The van der Waals surface area contributed by atoms with Gasteiger partial charge in [0, 0.05) is 31.4 Å². The number of hydrogen-bond acceptors (Lipinski definition) is 4. The predicted molar refractivity (Wildman–Crippen MR) is 98.6 cm³/mol. The number of nitrogens with zero attached hydrogens (tertiary/aromatic N) is 3. The summed E-state index contributed by atoms with van der Waals surface area (Å²) in [5, 5.41) is 20.8. The van der Waals surface area contributed by atoms with E-state index in [1.165, 1.54) is 6.07 Å². The number of rotatable bonds is 8. The first-order valence-electron chi connectivity index (χ1n) is 8.63. The summed E-state index contributed by atoms with van der Waals surface area (Å²) in [7, 11) is 1.78. The molecule has 2 aromatic rings. The zero-order valence-electron chi connectivity index (χ0n) is 15.7. The molecule has 9 heteroatoms. The normalized spacial score (nSPS) is 13.9. The molecule has 2 rings (SSSR count). The number of aliphatic hydroxyl groups is 1. The number of aliphatic imine (C=N–C) groups is 1. The van der Waals surface area contributed by atoms with Crippen LogP contribution in [-0.4, -0.2) is 47.1 Å². The molecule has 0 aliphatic rings. The molecule has 1 heterocycles. The molecule has 27 heavy (non-hydrogen) atoms. The highest BCUT2D eigenvalue weighted by Crippen LogP contribution is 2.19. The monoisotopic (exact) mass is 381 g/mol. The maximum atomic E-state index is 13.1. The summed E-state index contributed by atoms with van der Waals surface area (Å²) in [6, 6.07) is 3.38. The van der Waals surface area contributed by atoms with E-state index in [4.69, 9.17) is 4.74 Å². The molecular weight excluding hydrogens is 356 g/mol. The number of aryl methyl sites for hydroxylation is 1. The van der Waals surface area contributed by atoms with Crippen LogP contribution in [0.5, 0.6) is 5.75 Å². The highest BCUT2D eigenvalue weighted by Gasteiger charge is 2.24. The van der Waals surface area contributed by atoms with Gasteiger partial charge in [-0.25, -0.2) is 13.8 Å². The molecule has 0 fully saturated rings. The fraction of sp³-hybridized carbons (Fsp3) is 0.444. The van der Waals surface area contributed by atoms with Gasteiger partial charge in [0.2, 0.25) is 0 Å². The van der Waals surface area contributed by atoms with E-state index in [2.05, 4.69) is 20.7 Å². The van der Waals surface area contributed by atoms with Gasteiger partial charge in [0.25, 0.3) is 0 Å². The van der Waals surface area contributed by atoms with Crippen LogP contribution < -0.4 is 15.4 Å². The second-order valence-electron chi connectivity index (χ2n) is 6.22. The molecule has 1 atom stereocenters. The Morgan fingerprint density at radius 1 is 1.33 bits per heavy atom. The van der Waals surface area contributed by atoms with Crippen LogP contribution in [0.2, 0.25) is 0 Å². The van der Waals surface area contributed by atoms with Gasteiger partial charge < -0.3 is 20.5 Å². The maximum Gasteiger partial charge on any atom is 0.191 e. The van der Waals surface area contributed by atoms with Gasteiger partial charge in [0.15, 0.2) is 17.6 Å². The topological polar surface area (TPSA) is 83.7 Å². The Balaban J connectivity index is 1.86. The van der Waals surface area contributed by atoms with Crippen molar-refractivity contribution in [2.75, 3.05) is 26.2 Å². The van der Waals surface area contributed by atoms with Crippen LogP contribution in [0.25, 0.3) is 0 Å². The van der Waals surface area contributed by atoms with Crippen LogP contribution in [0.1, 0.15) is 19.4 Å². The van der Waals surface area contributed by atoms with Crippen LogP contribution in [0, 0.1) is 11.6 Å². The maximum absolute atomic E-state index is 13.1. The zero-order chi connectivity index (χ0) is 19.9. The molecule has 3 N–H and O–H groups in total. The smallest absolute Gasteiger partial charge is 0.191 e. The fourth-order valence-corrected chi connectivity index (χ4v) is 2.27. The Hall–Kier alpha value is -2.68. The molecule has 1 aromatic heterocycles. The molecular formula is C18H25F2N5O2. The molecule has 0 aliphatic carbocycles. The second kappa shape index (κ2) is 9.31. The summed E-state index contributed by atoms with van der Waals surface area (Å²) < 4.78 is 33.0. The Kier molecular flexibility index (Phi) is 7.12. The standard InChI is InChI=1S/C18H25F2N5O2/c1-4-21-17(23-12-18(2,26)13-10-24-25(3)11-13)22-7-8-27-14-5-6-15(19)16(20)9-14/h5-6,9-11,26H,4,7-8,12H2,1-3H3,(H2,21,22,23). The van der Waals surface area contributed by atoms with E-state index in [-0.39, 0.29) is 18.9 Å². The molecule has 0 amide bonds. The average Bonchev–Trinajstić information content (AvgIpc) is 3.07. The minimum Gasteiger partial charge on any atom is -0.492 e. The fourth-order valence-electron chi connectivity index (χ4n) is 2.27. The SMILES string of the molecule is CCNC(=NCC(C)(O)c1cnn(C)c1)NCCOc1ccc(F)c(F)c1. The number of benzene rings is 1. The molecule has 0 aliphatic heterocycles. The lowest BCUT2D eigenvalue weighted by Crippen LogP contribution is -2.40. The van der Waals surface area contributed by atoms with E-state index < -0.39 is 17.2 Å². The number of ether oxygens (including phenoxy) is 1.